The Labute approximate surface area is 219 Å². The van der Waals surface area contributed by atoms with Gasteiger partial charge in [-0.1, -0.05) is 13.0 Å². The summed E-state index contributed by atoms with van der Waals surface area (Å²) >= 11 is 0. The SMILES string of the molecule is C[C@H]1NC(=O)C(C2CC2)NC(=O)[C@H](C)[C@H](O)[C@H](Cc2cccnc2)NC(=O)[C@H]1NC(=O)c1ncccc1O. The molecule has 2 aliphatic rings. The van der Waals surface area contributed by atoms with Gasteiger partial charge in [0.2, 0.25) is 17.7 Å². The predicted molar refractivity (Wildman–Crippen MR) is 134 cm³/mol. The fourth-order valence-corrected chi connectivity index (χ4v) is 4.51. The molecule has 1 unspecified atom stereocenters. The summed E-state index contributed by atoms with van der Waals surface area (Å²) in [6.07, 6.45) is 4.87. The Morgan fingerprint density at radius 1 is 1.03 bits per heavy atom. The van der Waals surface area contributed by atoms with Gasteiger partial charge < -0.3 is 31.5 Å². The van der Waals surface area contributed by atoms with Gasteiger partial charge in [0.05, 0.1) is 24.1 Å². The van der Waals surface area contributed by atoms with E-state index >= 15 is 0 Å². The van der Waals surface area contributed by atoms with Crippen molar-refractivity contribution >= 4 is 23.6 Å². The molecule has 1 aliphatic carbocycles. The quantitative estimate of drug-likeness (QED) is 0.300. The number of amides is 4. The molecule has 0 bridgehead atoms. The van der Waals surface area contributed by atoms with Crippen molar-refractivity contribution in [3.63, 3.8) is 0 Å². The summed E-state index contributed by atoms with van der Waals surface area (Å²) in [6, 6.07) is 2.28. The lowest BCUT2D eigenvalue weighted by atomic mass is 9.91. The molecule has 2 aromatic rings. The Balaban J connectivity index is 1.66. The van der Waals surface area contributed by atoms with E-state index in [4.69, 9.17) is 0 Å². The van der Waals surface area contributed by atoms with Crippen molar-refractivity contribution in [1.29, 1.82) is 0 Å². The van der Waals surface area contributed by atoms with Crippen LogP contribution in [0, 0.1) is 11.8 Å². The summed E-state index contributed by atoms with van der Waals surface area (Å²) in [5, 5.41) is 32.1. The number of aliphatic hydroxyl groups excluding tert-OH is 1. The number of nitrogens with zero attached hydrogens (tertiary/aromatic N) is 2. The zero-order valence-electron chi connectivity index (χ0n) is 21.1. The van der Waals surface area contributed by atoms with E-state index < -0.39 is 59.8 Å². The standard InChI is InChI=1S/C26H32N6O6/c1-13-22(34)17(11-15-5-3-9-27-12-15)30-24(36)19(31-26(38)21-18(33)6-4-10-28-21)14(2)29-25(37)20(16-7-8-16)32-23(13)35/h3-6,9-10,12-14,16-17,19-20,22,33-34H,7-8,11H2,1-2H3,(H,29,37)(H,30,36)(H,31,38)(H,32,35)/t13-,14-,17+,19+,20?,22+/m1/s1. The number of aromatic hydroxyl groups is 1. The first-order valence-corrected chi connectivity index (χ1v) is 12.6. The molecule has 12 nitrogen and oxygen atoms in total. The Kier molecular flexibility index (Phi) is 8.20. The van der Waals surface area contributed by atoms with Crippen LogP contribution in [-0.4, -0.2) is 74.1 Å². The maximum atomic E-state index is 13.6. The molecular formula is C26H32N6O6. The van der Waals surface area contributed by atoms with E-state index in [-0.39, 0.29) is 23.8 Å². The number of nitrogens with one attached hydrogen (secondary N) is 4. The maximum absolute atomic E-state index is 13.6. The van der Waals surface area contributed by atoms with Crippen LogP contribution in [0.3, 0.4) is 0 Å². The average Bonchev–Trinajstić information content (AvgIpc) is 3.74. The molecule has 12 heteroatoms. The van der Waals surface area contributed by atoms with Crippen LogP contribution in [0.2, 0.25) is 0 Å². The second-order valence-electron chi connectivity index (χ2n) is 9.90. The summed E-state index contributed by atoms with van der Waals surface area (Å²) in [7, 11) is 0. The number of carbonyl (C=O) groups is 4. The van der Waals surface area contributed by atoms with Crippen molar-refractivity contribution in [3.8, 4) is 5.75 Å². The molecule has 1 saturated carbocycles. The van der Waals surface area contributed by atoms with Gasteiger partial charge in [-0.25, -0.2) is 4.98 Å². The molecule has 0 radical (unpaired) electrons. The van der Waals surface area contributed by atoms with Crippen LogP contribution in [0.25, 0.3) is 0 Å². The second kappa shape index (κ2) is 11.5. The van der Waals surface area contributed by atoms with Gasteiger partial charge in [-0.3, -0.25) is 24.2 Å². The minimum absolute atomic E-state index is 0.0584. The Hall–Kier alpha value is -4.06. The van der Waals surface area contributed by atoms with E-state index in [1.807, 2.05) is 0 Å². The number of hydrogen-bond acceptors (Lipinski definition) is 8. The summed E-state index contributed by atoms with van der Waals surface area (Å²) in [5.41, 5.74) is 0.432. The van der Waals surface area contributed by atoms with Crippen molar-refractivity contribution in [1.82, 2.24) is 31.2 Å². The van der Waals surface area contributed by atoms with Gasteiger partial charge in [-0.05, 0) is 55.9 Å². The van der Waals surface area contributed by atoms with Gasteiger partial charge in [0.15, 0.2) is 5.69 Å². The summed E-state index contributed by atoms with van der Waals surface area (Å²) in [4.78, 5) is 60.6. The Morgan fingerprint density at radius 2 is 1.76 bits per heavy atom. The first kappa shape index (κ1) is 27.0. The first-order chi connectivity index (χ1) is 18.2. The molecule has 1 aliphatic heterocycles. The lowest BCUT2D eigenvalue weighted by Gasteiger charge is -2.34. The van der Waals surface area contributed by atoms with E-state index in [1.165, 1.54) is 25.3 Å². The van der Waals surface area contributed by atoms with Crippen molar-refractivity contribution < 1.29 is 29.4 Å². The third kappa shape index (κ3) is 6.25. The van der Waals surface area contributed by atoms with Crippen molar-refractivity contribution in [2.75, 3.05) is 0 Å². The number of rotatable bonds is 5. The Bertz CT molecular complexity index is 1190. The first-order valence-electron chi connectivity index (χ1n) is 12.6. The van der Waals surface area contributed by atoms with E-state index in [2.05, 4.69) is 31.2 Å². The van der Waals surface area contributed by atoms with Crippen molar-refractivity contribution in [2.45, 2.75) is 63.4 Å². The normalized spacial score (nSPS) is 28.7. The van der Waals surface area contributed by atoms with Crippen LogP contribution in [0.1, 0.15) is 42.7 Å². The molecule has 0 spiro atoms. The van der Waals surface area contributed by atoms with Gasteiger partial charge in [0.1, 0.15) is 17.8 Å². The topological polar surface area (TPSA) is 183 Å². The van der Waals surface area contributed by atoms with E-state index in [1.54, 1.807) is 31.5 Å². The Morgan fingerprint density at radius 3 is 2.42 bits per heavy atom. The van der Waals surface area contributed by atoms with Crippen LogP contribution >= 0.6 is 0 Å². The molecular weight excluding hydrogens is 492 g/mol. The van der Waals surface area contributed by atoms with Gasteiger partial charge in [-0.2, -0.15) is 0 Å². The zero-order valence-corrected chi connectivity index (χ0v) is 21.1. The molecule has 2 aromatic heterocycles. The second-order valence-corrected chi connectivity index (χ2v) is 9.90. The van der Waals surface area contributed by atoms with E-state index in [0.29, 0.717) is 5.56 Å². The smallest absolute Gasteiger partial charge is 0.274 e. The van der Waals surface area contributed by atoms with E-state index in [9.17, 15) is 29.4 Å². The van der Waals surface area contributed by atoms with Gasteiger partial charge in [0.25, 0.3) is 5.91 Å². The van der Waals surface area contributed by atoms with Crippen LogP contribution in [0.4, 0.5) is 0 Å². The molecule has 4 amide bonds. The lowest BCUT2D eigenvalue weighted by molar-refractivity contribution is -0.136. The summed E-state index contributed by atoms with van der Waals surface area (Å²) in [5.74, 6) is -3.88. The third-order valence-electron chi connectivity index (χ3n) is 6.96. The third-order valence-corrected chi connectivity index (χ3v) is 6.96. The molecule has 0 aromatic carbocycles. The van der Waals surface area contributed by atoms with Crippen LogP contribution in [-0.2, 0) is 20.8 Å². The highest BCUT2D eigenvalue weighted by Gasteiger charge is 2.42. The molecule has 1 saturated heterocycles. The number of pyridine rings is 2. The van der Waals surface area contributed by atoms with Gasteiger partial charge >= 0.3 is 0 Å². The fraction of sp³-hybridized carbons (Fsp3) is 0.462. The molecule has 3 heterocycles. The highest BCUT2D eigenvalue weighted by Crippen LogP contribution is 2.33. The van der Waals surface area contributed by atoms with E-state index in [0.717, 1.165) is 12.8 Å². The maximum Gasteiger partial charge on any atom is 0.274 e. The van der Waals surface area contributed by atoms with Crippen molar-refractivity contribution in [2.24, 2.45) is 11.8 Å². The minimum atomic E-state index is -1.31. The molecule has 6 atom stereocenters. The highest BCUT2D eigenvalue weighted by atomic mass is 16.3. The fourth-order valence-electron chi connectivity index (χ4n) is 4.51. The largest absolute Gasteiger partial charge is 0.505 e. The molecule has 4 rings (SSSR count). The molecule has 202 valence electrons. The summed E-state index contributed by atoms with van der Waals surface area (Å²) < 4.78 is 0. The molecule has 6 N–H and O–H groups in total. The monoisotopic (exact) mass is 524 g/mol. The number of hydrogen-bond donors (Lipinski definition) is 6. The lowest BCUT2D eigenvalue weighted by Crippen LogP contribution is -2.64. The minimum Gasteiger partial charge on any atom is -0.505 e. The molecule has 2 fully saturated rings. The number of carbonyl (C=O) groups excluding carboxylic acids is 4. The average molecular weight is 525 g/mol. The number of aliphatic hydroxyl groups is 1. The van der Waals surface area contributed by atoms with Gasteiger partial charge in [0, 0.05) is 18.6 Å². The highest BCUT2D eigenvalue weighted by molar-refractivity contribution is 5.98. The van der Waals surface area contributed by atoms with Crippen LogP contribution in [0.15, 0.2) is 42.9 Å². The van der Waals surface area contributed by atoms with Gasteiger partial charge in [-0.15, -0.1) is 0 Å². The van der Waals surface area contributed by atoms with Crippen LogP contribution in [0.5, 0.6) is 5.75 Å². The summed E-state index contributed by atoms with van der Waals surface area (Å²) in [6.45, 7) is 3.08. The number of aromatic nitrogens is 2. The molecule has 38 heavy (non-hydrogen) atoms. The zero-order chi connectivity index (χ0) is 27.4. The van der Waals surface area contributed by atoms with Crippen LogP contribution < -0.4 is 21.3 Å². The van der Waals surface area contributed by atoms with Crippen molar-refractivity contribution in [3.05, 3.63) is 54.1 Å². The predicted octanol–water partition coefficient (Wildman–Crippen LogP) is -0.582.